The Balaban J connectivity index is 0.00000420. The van der Waals surface area contributed by atoms with E-state index in [9.17, 15) is 0 Å². The Hall–Kier alpha value is -1.09. The van der Waals surface area contributed by atoms with E-state index in [1.54, 1.807) is 0 Å². The number of aromatic nitrogens is 2. The van der Waals surface area contributed by atoms with Crippen LogP contribution < -0.4 is 21.5 Å². The van der Waals surface area contributed by atoms with Gasteiger partial charge in [0, 0.05) is 0 Å². The van der Waals surface area contributed by atoms with Crippen LogP contribution in [0.15, 0.2) is 24.5 Å². The largest absolute Gasteiger partial charge is 1.00 e. The molecule has 0 spiro atoms. The Morgan fingerprint density at radius 1 is 0.724 bits per heavy atom. The fourth-order valence-electron chi connectivity index (χ4n) is 4.44. The zero-order valence-electron chi connectivity index (χ0n) is 19.3. The number of H-pyrrole nitrogens is 1. The fourth-order valence-corrected chi connectivity index (χ4v) is 4.44. The molecule has 0 unspecified atom stereocenters. The van der Waals surface area contributed by atoms with Gasteiger partial charge in [-0.15, -0.1) is 0 Å². The molecule has 29 heavy (non-hydrogen) atoms. The highest BCUT2D eigenvalue weighted by atomic mass is 79.9. The number of aromatic amines is 1. The number of halogens is 1. The summed E-state index contributed by atoms with van der Waals surface area (Å²) in [6.07, 6.45) is 21.1. The normalized spacial score (nSPS) is 10.9. The van der Waals surface area contributed by atoms with E-state index in [4.69, 9.17) is 0 Å². The Labute approximate surface area is 190 Å². The molecule has 2 nitrogen and oxygen atoms in total. The van der Waals surface area contributed by atoms with Gasteiger partial charge >= 0.3 is 0 Å². The van der Waals surface area contributed by atoms with Crippen LogP contribution >= 0.6 is 0 Å². The van der Waals surface area contributed by atoms with Crippen LogP contribution in [0.5, 0.6) is 0 Å². The van der Waals surface area contributed by atoms with Crippen molar-refractivity contribution in [2.45, 2.75) is 111 Å². The van der Waals surface area contributed by atoms with E-state index in [2.05, 4.69) is 61.8 Å². The van der Waals surface area contributed by atoms with Crippen molar-refractivity contribution in [3.63, 3.8) is 0 Å². The van der Waals surface area contributed by atoms with Crippen LogP contribution in [0.2, 0.25) is 0 Å². The van der Waals surface area contributed by atoms with Crippen molar-refractivity contribution >= 4 is 0 Å². The summed E-state index contributed by atoms with van der Waals surface area (Å²) in [6, 6.07) is 4.58. The Morgan fingerprint density at radius 3 is 1.72 bits per heavy atom. The summed E-state index contributed by atoms with van der Waals surface area (Å²) in [4.78, 5) is 3.48. The lowest BCUT2D eigenvalue weighted by atomic mass is 9.99. The minimum Gasteiger partial charge on any atom is -1.00 e. The lowest BCUT2D eigenvalue weighted by Gasteiger charge is -2.09. The van der Waals surface area contributed by atoms with Crippen LogP contribution in [-0.4, -0.2) is 4.98 Å². The van der Waals surface area contributed by atoms with Gasteiger partial charge in [-0.05, 0) is 44.7 Å². The van der Waals surface area contributed by atoms with Gasteiger partial charge in [-0.1, -0.05) is 88.8 Å². The van der Waals surface area contributed by atoms with Crippen LogP contribution in [-0.2, 0) is 6.54 Å². The van der Waals surface area contributed by atoms with Crippen molar-refractivity contribution in [2.24, 2.45) is 0 Å². The molecule has 1 aromatic heterocycles. The zero-order chi connectivity index (χ0) is 20.2. The highest BCUT2D eigenvalue weighted by molar-refractivity contribution is 5.63. The van der Waals surface area contributed by atoms with Crippen LogP contribution in [0.4, 0.5) is 0 Å². The Bertz CT molecular complexity index is 667. The van der Waals surface area contributed by atoms with Gasteiger partial charge in [0.25, 0.3) is 5.82 Å². The first-order valence-corrected chi connectivity index (χ1v) is 11.8. The van der Waals surface area contributed by atoms with Crippen LogP contribution in [0, 0.1) is 20.8 Å². The molecule has 0 radical (unpaired) electrons. The van der Waals surface area contributed by atoms with Crippen molar-refractivity contribution in [1.82, 2.24) is 4.98 Å². The molecule has 1 aromatic carbocycles. The summed E-state index contributed by atoms with van der Waals surface area (Å²) in [5.41, 5.74) is 5.44. The number of imidazole rings is 1. The predicted molar refractivity (Wildman–Crippen MR) is 122 cm³/mol. The molecule has 0 fully saturated rings. The highest BCUT2D eigenvalue weighted by Crippen LogP contribution is 2.24. The molecule has 0 aliphatic heterocycles. The van der Waals surface area contributed by atoms with Crippen molar-refractivity contribution in [2.75, 3.05) is 0 Å². The topological polar surface area (TPSA) is 19.7 Å². The molecule has 0 aliphatic rings. The summed E-state index contributed by atoms with van der Waals surface area (Å²) in [5, 5.41) is 0. The van der Waals surface area contributed by atoms with Crippen LogP contribution in [0.1, 0.15) is 101 Å². The van der Waals surface area contributed by atoms with Crippen LogP contribution in [0.3, 0.4) is 0 Å². The summed E-state index contributed by atoms with van der Waals surface area (Å²) in [6.45, 7) is 10.0. The van der Waals surface area contributed by atoms with E-state index in [0.717, 1.165) is 6.54 Å². The average molecular weight is 464 g/mol. The first kappa shape index (κ1) is 25.9. The predicted octanol–water partition coefficient (Wildman–Crippen LogP) is 4.60. The maximum absolute atomic E-state index is 3.48. The summed E-state index contributed by atoms with van der Waals surface area (Å²) in [5.74, 6) is 1.26. The molecule has 0 atom stereocenters. The molecular weight excluding hydrogens is 420 g/mol. The number of nitrogens with zero attached hydrogens (tertiary/aromatic N) is 1. The Morgan fingerprint density at radius 2 is 1.21 bits per heavy atom. The number of nitrogens with one attached hydrogen (secondary N) is 1. The molecule has 0 saturated carbocycles. The maximum Gasteiger partial charge on any atom is 0.287 e. The van der Waals surface area contributed by atoms with Gasteiger partial charge in [-0.2, -0.15) is 0 Å². The second-order valence-corrected chi connectivity index (χ2v) is 8.66. The van der Waals surface area contributed by atoms with Crippen molar-refractivity contribution in [3.05, 3.63) is 41.2 Å². The molecule has 2 rings (SSSR count). The van der Waals surface area contributed by atoms with Gasteiger partial charge in [0.05, 0.1) is 12.1 Å². The second-order valence-electron chi connectivity index (χ2n) is 8.66. The van der Waals surface area contributed by atoms with Gasteiger partial charge < -0.3 is 17.0 Å². The minimum absolute atomic E-state index is 0. The number of hydrogen-bond donors (Lipinski definition) is 1. The monoisotopic (exact) mass is 462 g/mol. The third kappa shape index (κ3) is 9.07. The lowest BCUT2D eigenvalue weighted by Crippen LogP contribution is -3.00. The fraction of sp³-hybridized carbons (Fsp3) is 0.654. The van der Waals surface area contributed by atoms with E-state index < -0.39 is 0 Å². The SMILES string of the molecule is CCCCCCCCCCCCCC[n+]1cc[nH]c1-c1c(C)cc(C)cc1C.[Br-]. The number of rotatable bonds is 14. The summed E-state index contributed by atoms with van der Waals surface area (Å²) >= 11 is 0. The van der Waals surface area contributed by atoms with E-state index in [0.29, 0.717) is 0 Å². The molecular formula is C26H43BrN2. The molecule has 1 N–H and O–H groups in total. The first-order valence-electron chi connectivity index (χ1n) is 11.8. The minimum atomic E-state index is 0. The number of benzene rings is 1. The van der Waals surface area contributed by atoms with Gasteiger partial charge in [0.15, 0.2) is 0 Å². The van der Waals surface area contributed by atoms with E-state index in [1.165, 1.54) is 105 Å². The molecule has 1 heterocycles. The van der Waals surface area contributed by atoms with Crippen molar-refractivity contribution in [3.8, 4) is 11.4 Å². The number of unbranched alkanes of at least 4 members (excludes halogenated alkanes) is 11. The molecule has 2 aromatic rings. The lowest BCUT2D eigenvalue weighted by molar-refractivity contribution is -0.685. The Kier molecular flexibility index (Phi) is 13.3. The maximum atomic E-state index is 3.48. The third-order valence-corrected chi connectivity index (χ3v) is 5.93. The van der Waals surface area contributed by atoms with E-state index >= 15 is 0 Å². The molecule has 0 bridgehead atoms. The van der Waals surface area contributed by atoms with E-state index in [1.807, 2.05) is 0 Å². The van der Waals surface area contributed by atoms with Crippen molar-refractivity contribution in [1.29, 1.82) is 0 Å². The average Bonchev–Trinajstić information content (AvgIpc) is 3.10. The van der Waals surface area contributed by atoms with Gasteiger partial charge in [-0.25, -0.2) is 9.55 Å². The second kappa shape index (κ2) is 14.8. The number of hydrogen-bond acceptors (Lipinski definition) is 0. The van der Waals surface area contributed by atoms with Gasteiger partial charge in [0.2, 0.25) is 0 Å². The third-order valence-electron chi connectivity index (χ3n) is 5.93. The standard InChI is InChI=1S/C26H42N2.BrH/c1-5-6-7-8-9-10-11-12-13-14-15-16-18-28-19-17-27-26(28)25-23(3)20-22(2)21-24(25)4;/h17,19-21H,5-16,18H2,1-4H3;1H. The van der Waals surface area contributed by atoms with Gasteiger partial charge in [0.1, 0.15) is 12.4 Å². The number of aryl methyl sites for hydroxylation is 4. The quantitative estimate of drug-likeness (QED) is 0.312. The van der Waals surface area contributed by atoms with Crippen LogP contribution in [0.25, 0.3) is 11.4 Å². The zero-order valence-corrected chi connectivity index (χ0v) is 20.9. The molecule has 164 valence electrons. The van der Waals surface area contributed by atoms with Gasteiger partial charge in [-0.3, -0.25) is 0 Å². The highest BCUT2D eigenvalue weighted by Gasteiger charge is 2.17. The molecule has 0 saturated heterocycles. The van der Waals surface area contributed by atoms with E-state index in [-0.39, 0.29) is 17.0 Å². The summed E-state index contributed by atoms with van der Waals surface area (Å²) < 4.78 is 2.40. The molecule has 0 aliphatic carbocycles. The molecule has 3 heteroatoms. The first-order chi connectivity index (χ1) is 13.6. The molecule has 0 amide bonds. The smallest absolute Gasteiger partial charge is 0.287 e. The summed E-state index contributed by atoms with van der Waals surface area (Å²) in [7, 11) is 0. The van der Waals surface area contributed by atoms with Crippen molar-refractivity contribution < 1.29 is 21.5 Å².